The Morgan fingerprint density at radius 3 is 2.50 bits per heavy atom. The van der Waals surface area contributed by atoms with Gasteiger partial charge in [0.1, 0.15) is 11.9 Å². The van der Waals surface area contributed by atoms with Gasteiger partial charge in [0.25, 0.3) is 0 Å². The SMILES string of the molecule is COc1c(C(C)OC(=O)NCc2ccccc2)cc(Cl)c(Cl)c1C1CN(CC(F)(F)F)C1. The molecule has 1 heterocycles. The van der Waals surface area contributed by atoms with Crippen LogP contribution < -0.4 is 10.1 Å². The van der Waals surface area contributed by atoms with Gasteiger partial charge in [-0.3, -0.25) is 4.90 Å². The number of carbonyl (C=O) groups is 1. The molecule has 174 valence electrons. The van der Waals surface area contributed by atoms with E-state index in [4.69, 9.17) is 32.7 Å². The smallest absolute Gasteiger partial charge is 0.408 e. The number of nitrogens with zero attached hydrogens (tertiary/aromatic N) is 1. The highest BCUT2D eigenvalue weighted by atomic mass is 35.5. The van der Waals surface area contributed by atoms with Crippen molar-refractivity contribution in [3.05, 3.63) is 63.1 Å². The molecule has 0 saturated carbocycles. The molecule has 32 heavy (non-hydrogen) atoms. The highest BCUT2D eigenvalue weighted by Gasteiger charge is 2.40. The lowest BCUT2D eigenvalue weighted by Crippen LogP contribution is -2.49. The minimum absolute atomic E-state index is 0.169. The van der Waals surface area contributed by atoms with Crippen LogP contribution in [-0.2, 0) is 11.3 Å². The summed E-state index contributed by atoms with van der Waals surface area (Å²) >= 11 is 12.7. The summed E-state index contributed by atoms with van der Waals surface area (Å²) in [5.74, 6) is 0.0794. The molecular formula is C22H23Cl2F3N2O3. The molecular weight excluding hydrogens is 468 g/mol. The highest BCUT2D eigenvalue weighted by Crippen LogP contribution is 2.46. The summed E-state index contributed by atoms with van der Waals surface area (Å²) in [6, 6.07) is 10.9. The third kappa shape index (κ3) is 5.99. The summed E-state index contributed by atoms with van der Waals surface area (Å²) in [6.45, 7) is 1.31. The predicted octanol–water partition coefficient (Wildman–Crippen LogP) is 5.95. The fraction of sp³-hybridized carbons (Fsp3) is 0.409. The fourth-order valence-corrected chi connectivity index (χ4v) is 4.23. The van der Waals surface area contributed by atoms with E-state index in [1.165, 1.54) is 12.0 Å². The lowest BCUT2D eigenvalue weighted by molar-refractivity contribution is -0.154. The lowest BCUT2D eigenvalue weighted by Gasteiger charge is -2.41. The average Bonchev–Trinajstić information content (AvgIpc) is 2.71. The molecule has 2 aromatic rings. The van der Waals surface area contributed by atoms with E-state index in [1.807, 2.05) is 30.3 Å². The summed E-state index contributed by atoms with van der Waals surface area (Å²) in [6.07, 6.45) is -5.63. The Morgan fingerprint density at radius 2 is 1.91 bits per heavy atom. The number of nitrogens with one attached hydrogen (secondary N) is 1. The maximum absolute atomic E-state index is 12.6. The highest BCUT2D eigenvalue weighted by molar-refractivity contribution is 6.42. The van der Waals surface area contributed by atoms with Gasteiger partial charge >= 0.3 is 12.3 Å². The first-order valence-electron chi connectivity index (χ1n) is 9.92. The molecule has 1 unspecified atom stereocenters. The van der Waals surface area contributed by atoms with Crippen LogP contribution in [0.25, 0.3) is 0 Å². The molecule has 1 N–H and O–H groups in total. The first kappa shape index (κ1) is 24.5. The molecule has 1 fully saturated rings. The molecule has 0 aliphatic carbocycles. The summed E-state index contributed by atoms with van der Waals surface area (Å²) in [7, 11) is 1.43. The zero-order chi connectivity index (χ0) is 23.5. The molecule has 0 radical (unpaired) electrons. The van der Waals surface area contributed by atoms with E-state index in [-0.39, 0.29) is 29.1 Å². The van der Waals surface area contributed by atoms with Crippen LogP contribution in [0.1, 0.15) is 35.6 Å². The number of amides is 1. The molecule has 5 nitrogen and oxygen atoms in total. The Hall–Kier alpha value is -2.16. The number of likely N-dealkylation sites (tertiary alicyclic amines) is 1. The third-order valence-electron chi connectivity index (χ3n) is 5.21. The molecule has 0 bridgehead atoms. The summed E-state index contributed by atoms with van der Waals surface area (Å²) in [5, 5.41) is 3.12. The number of alkyl halides is 3. The van der Waals surface area contributed by atoms with E-state index in [1.54, 1.807) is 13.0 Å². The van der Waals surface area contributed by atoms with Crippen LogP contribution in [0.3, 0.4) is 0 Å². The van der Waals surface area contributed by atoms with Crippen LogP contribution in [0, 0.1) is 0 Å². The number of methoxy groups -OCH3 is 1. The van der Waals surface area contributed by atoms with E-state index in [2.05, 4.69) is 5.32 Å². The van der Waals surface area contributed by atoms with Crippen molar-refractivity contribution in [2.45, 2.75) is 31.7 Å². The second-order valence-corrected chi connectivity index (χ2v) is 8.39. The first-order valence-corrected chi connectivity index (χ1v) is 10.7. The van der Waals surface area contributed by atoms with Gasteiger partial charge in [0.05, 0.1) is 23.7 Å². The molecule has 1 atom stereocenters. The number of carbonyl (C=O) groups excluding carboxylic acids is 1. The molecule has 1 aliphatic rings. The maximum Gasteiger partial charge on any atom is 0.408 e. The van der Waals surface area contributed by atoms with Crippen LogP contribution in [0.5, 0.6) is 5.75 Å². The second-order valence-electron chi connectivity index (χ2n) is 7.60. The molecule has 1 saturated heterocycles. The monoisotopic (exact) mass is 490 g/mol. The lowest BCUT2D eigenvalue weighted by atomic mass is 9.88. The minimum atomic E-state index is -4.27. The standard InChI is InChI=1S/C22H23Cl2F3N2O3/c1-13(32-21(30)28-9-14-6-4-3-5-7-14)16-8-17(23)19(24)18(20(16)31-2)15-10-29(11-15)12-22(25,26)27/h3-8,13,15H,9-12H2,1-2H3,(H,28,30). The molecule has 0 aromatic heterocycles. The Labute approximate surface area is 194 Å². The van der Waals surface area contributed by atoms with Gasteiger partial charge < -0.3 is 14.8 Å². The van der Waals surface area contributed by atoms with Crippen LogP contribution >= 0.6 is 23.2 Å². The van der Waals surface area contributed by atoms with Gasteiger partial charge in [-0.25, -0.2) is 4.79 Å². The quantitative estimate of drug-likeness (QED) is 0.520. The summed E-state index contributed by atoms with van der Waals surface area (Å²) in [5.41, 5.74) is 1.93. The molecule has 1 amide bonds. The summed E-state index contributed by atoms with van der Waals surface area (Å²) in [4.78, 5) is 13.5. The topological polar surface area (TPSA) is 50.8 Å². The molecule has 2 aromatic carbocycles. The van der Waals surface area contributed by atoms with Crippen molar-refractivity contribution in [2.75, 3.05) is 26.7 Å². The Morgan fingerprint density at radius 1 is 1.25 bits per heavy atom. The number of hydrogen-bond acceptors (Lipinski definition) is 4. The van der Waals surface area contributed by atoms with Crippen molar-refractivity contribution < 1.29 is 27.4 Å². The van der Waals surface area contributed by atoms with Crippen molar-refractivity contribution in [1.82, 2.24) is 10.2 Å². The minimum Gasteiger partial charge on any atom is -0.496 e. The number of ether oxygens (including phenoxy) is 2. The predicted molar refractivity (Wildman–Crippen MR) is 116 cm³/mol. The van der Waals surface area contributed by atoms with Crippen molar-refractivity contribution in [2.24, 2.45) is 0 Å². The van der Waals surface area contributed by atoms with Crippen molar-refractivity contribution in [1.29, 1.82) is 0 Å². The zero-order valence-corrected chi connectivity index (χ0v) is 19.0. The third-order valence-corrected chi connectivity index (χ3v) is 6.01. The van der Waals surface area contributed by atoms with E-state index in [0.29, 0.717) is 23.4 Å². The summed E-state index contributed by atoms with van der Waals surface area (Å²) < 4.78 is 48.9. The van der Waals surface area contributed by atoms with E-state index >= 15 is 0 Å². The van der Waals surface area contributed by atoms with Crippen molar-refractivity contribution in [3.63, 3.8) is 0 Å². The molecule has 10 heteroatoms. The van der Waals surface area contributed by atoms with E-state index in [9.17, 15) is 18.0 Å². The largest absolute Gasteiger partial charge is 0.496 e. The molecule has 0 spiro atoms. The van der Waals surface area contributed by atoms with E-state index < -0.39 is 24.9 Å². The van der Waals surface area contributed by atoms with E-state index in [0.717, 1.165) is 5.56 Å². The fourth-order valence-electron chi connectivity index (χ4n) is 3.71. The number of benzene rings is 2. The average molecular weight is 491 g/mol. The number of alkyl carbamates (subject to hydrolysis) is 1. The Kier molecular flexibility index (Phi) is 7.79. The Bertz CT molecular complexity index is 952. The van der Waals surface area contributed by atoms with Gasteiger partial charge in [-0.15, -0.1) is 0 Å². The normalized spacial score (nSPS) is 15.7. The number of hydrogen-bond donors (Lipinski definition) is 1. The second kappa shape index (κ2) is 10.2. The van der Waals surface area contributed by atoms with Gasteiger partial charge in [0.2, 0.25) is 0 Å². The van der Waals surface area contributed by atoms with Gasteiger partial charge in [-0.1, -0.05) is 53.5 Å². The zero-order valence-electron chi connectivity index (χ0n) is 17.5. The van der Waals surface area contributed by atoms with Crippen LogP contribution in [0.2, 0.25) is 10.0 Å². The van der Waals surface area contributed by atoms with Crippen molar-refractivity contribution >= 4 is 29.3 Å². The van der Waals surface area contributed by atoms with Gasteiger partial charge in [0.15, 0.2) is 0 Å². The van der Waals surface area contributed by atoms with Crippen LogP contribution in [0.15, 0.2) is 36.4 Å². The van der Waals surface area contributed by atoms with Gasteiger partial charge in [0, 0.05) is 36.7 Å². The molecule has 3 rings (SSSR count). The van der Waals surface area contributed by atoms with Gasteiger partial charge in [-0.05, 0) is 18.6 Å². The van der Waals surface area contributed by atoms with Crippen molar-refractivity contribution in [3.8, 4) is 5.75 Å². The van der Waals surface area contributed by atoms with Gasteiger partial charge in [-0.2, -0.15) is 13.2 Å². The number of halogens is 5. The maximum atomic E-state index is 12.6. The Balaban J connectivity index is 1.73. The number of rotatable bonds is 7. The first-order chi connectivity index (χ1) is 15.1. The molecule has 1 aliphatic heterocycles. The van der Waals surface area contributed by atoms with Crippen LogP contribution in [0.4, 0.5) is 18.0 Å². The van der Waals surface area contributed by atoms with Crippen LogP contribution in [-0.4, -0.2) is 43.9 Å².